The van der Waals surface area contributed by atoms with Crippen LogP contribution in [0.25, 0.3) is 6.08 Å². The maximum Gasteiger partial charge on any atom is 0.257 e. The number of fused-ring (bicyclic) bond motifs is 1. The summed E-state index contributed by atoms with van der Waals surface area (Å²) in [6.07, 6.45) is 4.13. The summed E-state index contributed by atoms with van der Waals surface area (Å²) in [5.74, 6) is -0.0542. The number of aromatic hydroxyl groups is 1. The number of phenolic OH excluding ortho intramolecular Hbond substituents is 1. The van der Waals surface area contributed by atoms with Crippen molar-refractivity contribution >= 4 is 17.7 Å². The molecular weight excluding hydrogens is 434 g/mol. The molecule has 4 unspecified atom stereocenters. The standard InChI is InChI=1S/C27H31NO6/c1-16(2)21-13-15-26(3,34-21)14-12-17-6-11-20-22(23(17)29)27(31,24(33-5)25(30)28-20)18-7-9-19(32-4)10-8-18/h6-12,14,21,24,29,31H,1,13,15H2,2-5H3,(H,28,30). The highest BCUT2D eigenvalue weighted by Crippen LogP contribution is 2.48. The number of aliphatic hydroxyl groups is 1. The normalized spacial score (nSPS) is 28.6. The second-order valence-electron chi connectivity index (χ2n) is 9.16. The zero-order valence-electron chi connectivity index (χ0n) is 19.9. The molecule has 0 bridgehead atoms. The van der Waals surface area contributed by atoms with Gasteiger partial charge in [-0.15, -0.1) is 0 Å². The number of rotatable bonds is 6. The van der Waals surface area contributed by atoms with Crippen molar-refractivity contribution in [3.8, 4) is 11.5 Å². The minimum Gasteiger partial charge on any atom is -0.507 e. The van der Waals surface area contributed by atoms with Crippen LogP contribution in [0.1, 0.15) is 43.4 Å². The summed E-state index contributed by atoms with van der Waals surface area (Å²) in [4.78, 5) is 12.8. The highest BCUT2D eigenvalue weighted by atomic mass is 16.5. The molecule has 0 saturated carbocycles. The van der Waals surface area contributed by atoms with E-state index in [2.05, 4.69) is 11.9 Å². The number of amides is 1. The fourth-order valence-corrected chi connectivity index (χ4v) is 4.77. The van der Waals surface area contributed by atoms with Crippen LogP contribution in [0.2, 0.25) is 0 Å². The Morgan fingerprint density at radius 2 is 1.94 bits per heavy atom. The highest BCUT2D eigenvalue weighted by Gasteiger charge is 2.51. The zero-order valence-corrected chi connectivity index (χ0v) is 19.9. The summed E-state index contributed by atoms with van der Waals surface area (Å²) in [5, 5.41) is 26.0. The molecule has 4 atom stereocenters. The first kappa shape index (κ1) is 24.0. The Morgan fingerprint density at radius 1 is 1.24 bits per heavy atom. The van der Waals surface area contributed by atoms with Crippen molar-refractivity contribution in [1.29, 1.82) is 0 Å². The van der Waals surface area contributed by atoms with Gasteiger partial charge in [-0.3, -0.25) is 4.79 Å². The molecule has 180 valence electrons. The van der Waals surface area contributed by atoms with Gasteiger partial charge in [-0.1, -0.05) is 36.4 Å². The summed E-state index contributed by atoms with van der Waals surface area (Å²) in [5.41, 5.74) is -0.0732. The topological polar surface area (TPSA) is 97.3 Å². The zero-order chi connectivity index (χ0) is 24.7. The summed E-state index contributed by atoms with van der Waals surface area (Å²) < 4.78 is 16.8. The van der Waals surface area contributed by atoms with Gasteiger partial charge in [0.2, 0.25) is 0 Å². The predicted octanol–water partition coefficient (Wildman–Crippen LogP) is 4.13. The molecule has 1 saturated heterocycles. The van der Waals surface area contributed by atoms with Crippen molar-refractivity contribution in [2.45, 2.75) is 50.1 Å². The third kappa shape index (κ3) is 4.00. The monoisotopic (exact) mass is 465 g/mol. The van der Waals surface area contributed by atoms with E-state index in [4.69, 9.17) is 14.2 Å². The molecule has 34 heavy (non-hydrogen) atoms. The lowest BCUT2D eigenvalue weighted by Gasteiger charge is -2.40. The molecule has 7 nitrogen and oxygen atoms in total. The minimum atomic E-state index is -1.93. The van der Waals surface area contributed by atoms with Crippen molar-refractivity contribution in [2.24, 2.45) is 0 Å². The largest absolute Gasteiger partial charge is 0.507 e. The molecule has 1 amide bonds. The van der Waals surface area contributed by atoms with E-state index in [0.29, 0.717) is 22.6 Å². The van der Waals surface area contributed by atoms with E-state index in [9.17, 15) is 15.0 Å². The van der Waals surface area contributed by atoms with Gasteiger partial charge in [0.1, 0.15) is 11.5 Å². The molecule has 0 aromatic heterocycles. The number of anilines is 1. The molecule has 0 spiro atoms. The van der Waals surface area contributed by atoms with Crippen molar-refractivity contribution in [1.82, 2.24) is 0 Å². The molecule has 2 aromatic rings. The van der Waals surface area contributed by atoms with Crippen LogP contribution < -0.4 is 10.1 Å². The smallest absolute Gasteiger partial charge is 0.257 e. The van der Waals surface area contributed by atoms with Gasteiger partial charge in [-0.05, 0) is 56.5 Å². The van der Waals surface area contributed by atoms with Crippen LogP contribution in [-0.2, 0) is 19.9 Å². The number of hydrogen-bond acceptors (Lipinski definition) is 6. The van der Waals surface area contributed by atoms with Crippen LogP contribution in [0.4, 0.5) is 5.69 Å². The number of carbonyl (C=O) groups excluding carboxylic acids is 1. The number of ether oxygens (including phenoxy) is 3. The molecular formula is C27H31NO6. The number of phenols is 1. The van der Waals surface area contributed by atoms with E-state index in [-0.39, 0.29) is 17.4 Å². The van der Waals surface area contributed by atoms with Crippen LogP contribution in [0, 0.1) is 0 Å². The Labute approximate surface area is 199 Å². The van der Waals surface area contributed by atoms with Crippen LogP contribution in [-0.4, -0.2) is 48.1 Å². The summed E-state index contributed by atoms with van der Waals surface area (Å²) in [6, 6.07) is 10.0. The molecule has 2 aliphatic rings. The van der Waals surface area contributed by atoms with Gasteiger partial charge in [-0.25, -0.2) is 0 Å². The van der Waals surface area contributed by atoms with E-state index in [0.717, 1.165) is 18.4 Å². The molecule has 3 N–H and O–H groups in total. The van der Waals surface area contributed by atoms with Gasteiger partial charge in [0.25, 0.3) is 5.91 Å². The SMILES string of the molecule is C=C(C)C1CCC(C)(C=Cc2ccc3c(c2O)C(O)(c2ccc(OC)cc2)C(OC)C(=O)N3)O1. The van der Waals surface area contributed by atoms with E-state index in [1.165, 1.54) is 7.11 Å². The van der Waals surface area contributed by atoms with E-state index in [1.807, 2.05) is 19.9 Å². The van der Waals surface area contributed by atoms with Gasteiger partial charge < -0.3 is 29.7 Å². The summed E-state index contributed by atoms with van der Waals surface area (Å²) in [7, 11) is 2.89. The van der Waals surface area contributed by atoms with E-state index < -0.39 is 23.2 Å². The van der Waals surface area contributed by atoms with Crippen molar-refractivity contribution in [3.63, 3.8) is 0 Å². The van der Waals surface area contributed by atoms with E-state index in [1.54, 1.807) is 49.6 Å². The average molecular weight is 466 g/mol. The van der Waals surface area contributed by atoms with Gasteiger partial charge >= 0.3 is 0 Å². The Hall–Kier alpha value is -3.13. The lowest BCUT2D eigenvalue weighted by atomic mass is 9.76. The second kappa shape index (κ2) is 8.91. The van der Waals surface area contributed by atoms with Gasteiger partial charge in [0.05, 0.1) is 30.1 Å². The number of nitrogens with one attached hydrogen (secondary N) is 1. The van der Waals surface area contributed by atoms with Gasteiger partial charge in [-0.2, -0.15) is 0 Å². The van der Waals surface area contributed by atoms with Crippen molar-refractivity contribution in [2.75, 3.05) is 19.5 Å². The number of hydrogen-bond donors (Lipinski definition) is 3. The van der Waals surface area contributed by atoms with Crippen molar-refractivity contribution in [3.05, 3.63) is 71.3 Å². The maximum absolute atomic E-state index is 12.8. The van der Waals surface area contributed by atoms with Gasteiger partial charge in [0, 0.05) is 12.7 Å². The maximum atomic E-state index is 12.8. The molecule has 0 radical (unpaired) electrons. The van der Waals surface area contributed by atoms with Crippen molar-refractivity contribution < 1.29 is 29.2 Å². The average Bonchev–Trinajstić information content (AvgIpc) is 3.21. The lowest BCUT2D eigenvalue weighted by Crippen LogP contribution is -2.52. The number of methoxy groups -OCH3 is 2. The first-order chi connectivity index (χ1) is 16.1. The van der Waals surface area contributed by atoms with Crippen LogP contribution in [0.5, 0.6) is 11.5 Å². The molecule has 4 rings (SSSR count). The Balaban J connectivity index is 1.79. The first-order valence-electron chi connectivity index (χ1n) is 11.2. The third-order valence-electron chi connectivity index (χ3n) is 6.71. The number of carbonyl (C=O) groups is 1. The Kier molecular flexibility index (Phi) is 6.29. The summed E-state index contributed by atoms with van der Waals surface area (Å²) in [6.45, 7) is 7.94. The Bertz CT molecular complexity index is 1140. The first-order valence-corrected chi connectivity index (χ1v) is 11.2. The van der Waals surface area contributed by atoms with Crippen LogP contribution in [0.3, 0.4) is 0 Å². The van der Waals surface area contributed by atoms with E-state index >= 15 is 0 Å². The fraction of sp³-hybridized carbons (Fsp3) is 0.370. The molecule has 0 aliphatic carbocycles. The lowest BCUT2D eigenvalue weighted by molar-refractivity contribution is -0.142. The fourth-order valence-electron chi connectivity index (χ4n) is 4.77. The quantitative estimate of drug-likeness (QED) is 0.555. The number of benzene rings is 2. The van der Waals surface area contributed by atoms with Crippen LogP contribution in [0.15, 0.2) is 54.6 Å². The van der Waals surface area contributed by atoms with Gasteiger partial charge in [0.15, 0.2) is 11.7 Å². The second-order valence-corrected chi connectivity index (χ2v) is 9.16. The molecule has 2 aromatic carbocycles. The molecule has 2 aliphatic heterocycles. The predicted molar refractivity (Wildman–Crippen MR) is 130 cm³/mol. The van der Waals surface area contributed by atoms with Crippen LogP contribution >= 0.6 is 0 Å². The highest BCUT2D eigenvalue weighted by molar-refractivity contribution is 6.00. The molecule has 1 fully saturated rings. The molecule has 2 heterocycles. The third-order valence-corrected chi connectivity index (χ3v) is 6.71. The summed E-state index contributed by atoms with van der Waals surface area (Å²) >= 11 is 0. The minimum absolute atomic E-state index is 0.00428. The Morgan fingerprint density at radius 3 is 2.53 bits per heavy atom. The molecule has 7 heteroatoms.